The van der Waals surface area contributed by atoms with E-state index >= 15 is 0 Å². The summed E-state index contributed by atoms with van der Waals surface area (Å²) in [5.74, 6) is 2.49. The summed E-state index contributed by atoms with van der Waals surface area (Å²) in [6.07, 6.45) is 4.40. The molecular weight excluding hydrogens is 396 g/mol. The van der Waals surface area contributed by atoms with Crippen molar-refractivity contribution in [3.05, 3.63) is 29.8 Å². The van der Waals surface area contributed by atoms with E-state index in [1.165, 1.54) is 19.3 Å². The fraction of sp³-hybridized carbons (Fsp3) is 0.720. The van der Waals surface area contributed by atoms with Gasteiger partial charge in [0.1, 0.15) is 11.2 Å². The van der Waals surface area contributed by atoms with Gasteiger partial charge in [0.25, 0.3) is 0 Å². The van der Waals surface area contributed by atoms with Gasteiger partial charge >= 0.3 is 5.97 Å². The van der Waals surface area contributed by atoms with Gasteiger partial charge in [-0.15, -0.1) is 0 Å². The maximum Gasteiger partial charge on any atom is 0.318 e. The summed E-state index contributed by atoms with van der Waals surface area (Å²) < 4.78 is 24.3. The summed E-state index contributed by atoms with van der Waals surface area (Å²) >= 11 is 0. The second-order valence-electron chi connectivity index (χ2n) is 10.2. The first-order valence-corrected chi connectivity index (χ1v) is 11.8. The Bertz CT molecular complexity index is 803. The summed E-state index contributed by atoms with van der Waals surface area (Å²) in [7, 11) is 0. The molecule has 0 amide bonds. The first-order valence-electron chi connectivity index (χ1n) is 11.8. The van der Waals surface area contributed by atoms with E-state index in [-0.39, 0.29) is 37.8 Å². The van der Waals surface area contributed by atoms with E-state index in [4.69, 9.17) is 18.9 Å². The van der Waals surface area contributed by atoms with Crippen LogP contribution >= 0.6 is 0 Å². The van der Waals surface area contributed by atoms with Crippen LogP contribution < -0.4 is 4.74 Å². The molecule has 0 bridgehead atoms. The van der Waals surface area contributed by atoms with Gasteiger partial charge in [0.2, 0.25) is 6.29 Å². The van der Waals surface area contributed by atoms with E-state index in [2.05, 4.69) is 20.8 Å². The summed E-state index contributed by atoms with van der Waals surface area (Å²) in [4.78, 5) is 11.7. The summed E-state index contributed by atoms with van der Waals surface area (Å²) in [6.45, 7) is 7.21. The summed E-state index contributed by atoms with van der Waals surface area (Å²) in [6, 6.07) is 7.38. The van der Waals surface area contributed by atoms with E-state index in [1.54, 1.807) is 0 Å². The second kappa shape index (κ2) is 8.05. The Morgan fingerprint density at radius 2 is 1.71 bits per heavy atom. The Morgan fingerprint density at radius 3 is 2.35 bits per heavy atom. The molecule has 4 fully saturated rings. The van der Waals surface area contributed by atoms with Crippen LogP contribution in [-0.2, 0) is 24.4 Å². The van der Waals surface area contributed by atoms with Gasteiger partial charge in [0, 0.05) is 11.8 Å². The molecule has 1 N–H and O–H groups in total. The second-order valence-corrected chi connectivity index (χ2v) is 10.2. The topological polar surface area (TPSA) is 74.2 Å². The first kappa shape index (κ1) is 21.2. The summed E-state index contributed by atoms with van der Waals surface area (Å²) in [5.41, 5.74) is -0.181. The molecule has 0 spiro atoms. The van der Waals surface area contributed by atoms with Crippen LogP contribution in [0.1, 0.15) is 52.0 Å². The van der Waals surface area contributed by atoms with Crippen LogP contribution in [0.2, 0.25) is 0 Å². The quantitative estimate of drug-likeness (QED) is 0.771. The first-order chi connectivity index (χ1) is 14.9. The Morgan fingerprint density at radius 1 is 1.00 bits per heavy atom. The molecule has 4 aliphatic rings. The number of hydrogen-bond acceptors (Lipinski definition) is 5. The molecule has 5 rings (SSSR count). The molecule has 1 aliphatic carbocycles. The molecule has 3 aliphatic heterocycles. The molecule has 2 unspecified atom stereocenters. The molecule has 1 aromatic carbocycles. The number of carbonyl (C=O) groups is 1. The van der Waals surface area contributed by atoms with Crippen LogP contribution in [0.4, 0.5) is 0 Å². The van der Waals surface area contributed by atoms with Gasteiger partial charge in [0.15, 0.2) is 6.29 Å². The smallest absolute Gasteiger partial charge is 0.318 e. The third kappa shape index (κ3) is 3.57. The van der Waals surface area contributed by atoms with Crippen molar-refractivity contribution in [3.8, 4) is 5.75 Å². The molecule has 0 aromatic heterocycles. The van der Waals surface area contributed by atoms with Crippen molar-refractivity contribution in [2.24, 2.45) is 29.6 Å². The molecule has 6 heteroatoms. The monoisotopic (exact) mass is 430 g/mol. The van der Waals surface area contributed by atoms with E-state index in [1.807, 2.05) is 24.3 Å². The molecule has 31 heavy (non-hydrogen) atoms. The zero-order chi connectivity index (χ0) is 21.8. The molecule has 3 heterocycles. The predicted molar refractivity (Wildman–Crippen MR) is 114 cm³/mol. The number of aliphatic carboxylic acids is 1. The van der Waals surface area contributed by atoms with Crippen molar-refractivity contribution in [1.29, 1.82) is 0 Å². The van der Waals surface area contributed by atoms with Gasteiger partial charge in [-0.3, -0.25) is 4.79 Å². The third-order valence-electron chi connectivity index (χ3n) is 8.40. The zero-order valence-corrected chi connectivity index (χ0v) is 18.7. The molecular formula is C25H34O6. The average Bonchev–Trinajstić information content (AvgIpc) is 2.87. The highest BCUT2D eigenvalue weighted by molar-refractivity contribution is 5.83. The number of carboxylic acid groups (broad SMARTS) is 1. The van der Waals surface area contributed by atoms with Crippen LogP contribution in [0.25, 0.3) is 0 Å². The average molecular weight is 431 g/mol. The van der Waals surface area contributed by atoms with Crippen LogP contribution in [0.5, 0.6) is 5.75 Å². The predicted octanol–water partition coefficient (Wildman–Crippen LogP) is 4.21. The lowest BCUT2D eigenvalue weighted by molar-refractivity contribution is -0.315. The van der Waals surface area contributed by atoms with Crippen molar-refractivity contribution >= 4 is 5.97 Å². The van der Waals surface area contributed by atoms with Crippen LogP contribution in [0.15, 0.2) is 24.3 Å². The molecule has 1 aromatic rings. The van der Waals surface area contributed by atoms with Crippen molar-refractivity contribution in [3.63, 3.8) is 0 Å². The van der Waals surface area contributed by atoms with Crippen molar-refractivity contribution in [1.82, 2.24) is 0 Å². The standard InChI is InChI=1S/C25H34O6/c1-14-4-10-20-16(3)22(31-23-21(20)19(14)11-5-15(2)29-23)30-18-8-6-17(7-9-18)25(24(26)27)12-28-13-25/h6-9,14-16,19-23H,4-5,10-13H2,1-3H3,(H,26,27)/t14-,15?,16-,19+,20+,21?,22+,23+/m1/s1. The highest BCUT2D eigenvalue weighted by atomic mass is 16.8. The van der Waals surface area contributed by atoms with E-state index in [0.717, 1.165) is 17.9 Å². The zero-order valence-electron chi connectivity index (χ0n) is 18.7. The Kier molecular flexibility index (Phi) is 5.51. The van der Waals surface area contributed by atoms with Crippen LogP contribution in [-0.4, -0.2) is 43.0 Å². The lowest BCUT2D eigenvalue weighted by Gasteiger charge is -2.51. The summed E-state index contributed by atoms with van der Waals surface area (Å²) in [5, 5.41) is 9.61. The van der Waals surface area contributed by atoms with Crippen molar-refractivity contribution in [2.75, 3.05) is 13.2 Å². The van der Waals surface area contributed by atoms with Gasteiger partial charge in [0.05, 0.1) is 19.3 Å². The fourth-order valence-electron chi connectivity index (χ4n) is 6.29. The van der Waals surface area contributed by atoms with Gasteiger partial charge in [-0.25, -0.2) is 0 Å². The van der Waals surface area contributed by atoms with Gasteiger partial charge in [-0.05, 0) is 61.6 Å². The van der Waals surface area contributed by atoms with Crippen LogP contribution in [0, 0.1) is 29.6 Å². The van der Waals surface area contributed by atoms with Gasteiger partial charge < -0.3 is 24.1 Å². The Labute approximate surface area is 184 Å². The van der Waals surface area contributed by atoms with Gasteiger partial charge in [-0.2, -0.15) is 0 Å². The maximum absolute atomic E-state index is 11.7. The van der Waals surface area contributed by atoms with E-state index < -0.39 is 11.4 Å². The molecule has 170 valence electrons. The molecule has 1 saturated carbocycles. The molecule has 3 saturated heterocycles. The Hall–Kier alpha value is -1.63. The largest absolute Gasteiger partial charge is 0.480 e. The molecule has 8 atom stereocenters. The highest BCUT2D eigenvalue weighted by Crippen LogP contribution is 2.52. The SMILES string of the molecule is CC1CC[C@@H]2C3[C@@H](O1)O[C@H](Oc1ccc(C4(C(=O)O)COC4)cc1)[C@H](C)[C@@H]3CC[C@H]2C. The number of benzene rings is 1. The van der Waals surface area contributed by atoms with E-state index in [0.29, 0.717) is 23.5 Å². The maximum atomic E-state index is 11.7. The number of ether oxygens (including phenoxy) is 4. The molecule has 6 nitrogen and oxygen atoms in total. The molecule has 0 radical (unpaired) electrons. The minimum Gasteiger partial charge on any atom is -0.480 e. The highest BCUT2D eigenvalue weighted by Gasteiger charge is 2.53. The fourth-order valence-corrected chi connectivity index (χ4v) is 6.29. The minimum atomic E-state index is -0.932. The lowest BCUT2D eigenvalue weighted by Crippen LogP contribution is -2.54. The third-order valence-corrected chi connectivity index (χ3v) is 8.40. The van der Waals surface area contributed by atoms with E-state index in [9.17, 15) is 9.90 Å². The lowest BCUT2D eigenvalue weighted by atomic mass is 9.61. The minimum absolute atomic E-state index is 0.202. The Balaban J connectivity index is 1.34. The van der Waals surface area contributed by atoms with Gasteiger partial charge in [-0.1, -0.05) is 32.4 Å². The van der Waals surface area contributed by atoms with Crippen LogP contribution in [0.3, 0.4) is 0 Å². The van der Waals surface area contributed by atoms with Crippen molar-refractivity contribution in [2.45, 2.75) is 70.6 Å². The normalized spacial score (nSPS) is 41.4. The number of hydrogen-bond donors (Lipinski definition) is 1. The number of carboxylic acids is 1. The number of rotatable bonds is 4. The van der Waals surface area contributed by atoms with Crippen molar-refractivity contribution < 1.29 is 28.8 Å².